The van der Waals surface area contributed by atoms with E-state index in [0.29, 0.717) is 18.0 Å². The number of likely N-dealkylation sites (tertiary alicyclic amines) is 2. The highest BCUT2D eigenvalue weighted by Crippen LogP contribution is 2.34. The van der Waals surface area contributed by atoms with Crippen molar-refractivity contribution in [3.63, 3.8) is 0 Å². The lowest BCUT2D eigenvalue weighted by atomic mass is 9.90. The van der Waals surface area contributed by atoms with Crippen LogP contribution in [0.2, 0.25) is 5.02 Å². The number of halogens is 1. The number of urea groups is 1. The van der Waals surface area contributed by atoms with Crippen LogP contribution in [0.5, 0.6) is 0 Å². The Morgan fingerprint density at radius 1 is 1.31 bits per heavy atom. The predicted octanol–water partition coefficient (Wildman–Crippen LogP) is 2.12. The average Bonchev–Trinajstić information content (AvgIpc) is 3.11. The number of amides is 3. The number of carboxylic acid groups (broad SMARTS) is 1. The van der Waals surface area contributed by atoms with E-state index in [1.54, 1.807) is 31.0 Å². The number of nitrogens with one attached hydrogen (secondary N) is 1. The third kappa shape index (κ3) is 3.35. The minimum atomic E-state index is -0.921. The Morgan fingerprint density at radius 3 is 2.54 bits per heavy atom. The van der Waals surface area contributed by atoms with Crippen molar-refractivity contribution in [1.82, 2.24) is 15.1 Å². The van der Waals surface area contributed by atoms with Crippen LogP contribution in [0.3, 0.4) is 0 Å². The number of rotatable bonds is 3. The molecule has 0 saturated carbocycles. The van der Waals surface area contributed by atoms with E-state index >= 15 is 0 Å². The number of carboxylic acids is 1. The first-order valence-corrected chi connectivity index (χ1v) is 8.89. The fraction of sp³-hybridized carbons (Fsp3) is 0.500. The molecule has 2 aliphatic rings. The maximum atomic E-state index is 12.6. The highest BCUT2D eigenvalue weighted by molar-refractivity contribution is 6.30. The van der Waals surface area contributed by atoms with Gasteiger partial charge in [-0.2, -0.15) is 0 Å². The zero-order valence-corrected chi connectivity index (χ0v) is 15.5. The highest BCUT2D eigenvalue weighted by atomic mass is 35.5. The second-order valence-electron chi connectivity index (χ2n) is 7.30. The highest BCUT2D eigenvalue weighted by Gasteiger charge is 2.44. The lowest BCUT2D eigenvalue weighted by Crippen LogP contribution is -2.46. The summed E-state index contributed by atoms with van der Waals surface area (Å²) in [6, 6.07) is 6.21. The zero-order valence-electron chi connectivity index (χ0n) is 14.7. The molecule has 140 valence electrons. The van der Waals surface area contributed by atoms with E-state index in [0.717, 1.165) is 5.56 Å². The number of carbonyl (C=O) groups excluding carboxylic acids is 2. The number of benzene rings is 1. The summed E-state index contributed by atoms with van der Waals surface area (Å²) in [5.41, 5.74) is -0.0280. The summed E-state index contributed by atoms with van der Waals surface area (Å²) >= 11 is 5.94. The molecule has 0 aromatic heterocycles. The van der Waals surface area contributed by atoms with Crippen molar-refractivity contribution in [2.24, 2.45) is 5.41 Å². The number of carbonyl (C=O) groups is 3. The van der Waals surface area contributed by atoms with E-state index in [1.165, 1.54) is 4.90 Å². The van der Waals surface area contributed by atoms with Gasteiger partial charge in [0.25, 0.3) is 0 Å². The average molecular weight is 380 g/mol. The van der Waals surface area contributed by atoms with Crippen LogP contribution in [0.15, 0.2) is 24.3 Å². The monoisotopic (exact) mass is 379 g/mol. The topological polar surface area (TPSA) is 90.0 Å². The Kier molecular flexibility index (Phi) is 4.84. The molecule has 3 amide bonds. The number of likely N-dealkylation sites (N-methyl/N-ethyl adjacent to an activating group) is 1. The van der Waals surface area contributed by atoms with Crippen LogP contribution in [0, 0.1) is 5.41 Å². The molecule has 0 spiro atoms. The van der Waals surface area contributed by atoms with E-state index in [4.69, 9.17) is 11.6 Å². The standard InChI is InChI=1S/C18H22ClN3O4/c1-18(16(24)25)7-8-22(10-18)17(26)20-13-9-14(23)21(2)15(13)11-3-5-12(19)6-4-11/h3-6,13,15H,7-10H2,1-2H3,(H,20,26)(H,24,25). The van der Waals surface area contributed by atoms with Crippen LogP contribution < -0.4 is 5.32 Å². The molecule has 2 aliphatic heterocycles. The van der Waals surface area contributed by atoms with Gasteiger partial charge in [0.15, 0.2) is 0 Å². The largest absolute Gasteiger partial charge is 0.481 e. The molecule has 8 heteroatoms. The first-order chi connectivity index (χ1) is 12.2. The third-order valence-corrected chi connectivity index (χ3v) is 5.64. The van der Waals surface area contributed by atoms with Gasteiger partial charge in [-0.25, -0.2) is 4.79 Å². The maximum Gasteiger partial charge on any atom is 0.317 e. The molecule has 0 radical (unpaired) electrons. The van der Waals surface area contributed by atoms with Gasteiger partial charge in [-0.05, 0) is 31.0 Å². The van der Waals surface area contributed by atoms with Crippen LogP contribution in [-0.2, 0) is 9.59 Å². The minimum Gasteiger partial charge on any atom is -0.481 e. The van der Waals surface area contributed by atoms with Crippen molar-refractivity contribution in [3.8, 4) is 0 Å². The molecule has 7 nitrogen and oxygen atoms in total. The van der Waals surface area contributed by atoms with Gasteiger partial charge in [-0.1, -0.05) is 23.7 Å². The molecule has 26 heavy (non-hydrogen) atoms. The molecule has 1 aromatic carbocycles. The van der Waals surface area contributed by atoms with Crippen molar-refractivity contribution >= 4 is 29.5 Å². The van der Waals surface area contributed by atoms with Crippen molar-refractivity contribution in [1.29, 1.82) is 0 Å². The van der Waals surface area contributed by atoms with E-state index < -0.39 is 11.4 Å². The summed E-state index contributed by atoms with van der Waals surface area (Å²) in [5, 5.41) is 12.8. The molecule has 3 atom stereocenters. The van der Waals surface area contributed by atoms with E-state index in [2.05, 4.69) is 5.32 Å². The van der Waals surface area contributed by atoms with Gasteiger partial charge in [0.05, 0.1) is 17.5 Å². The Labute approximate surface area is 156 Å². The SMILES string of the molecule is CN1C(=O)CC(NC(=O)N2CCC(C)(C(=O)O)C2)C1c1ccc(Cl)cc1. The summed E-state index contributed by atoms with van der Waals surface area (Å²) < 4.78 is 0. The van der Waals surface area contributed by atoms with Crippen LogP contribution >= 0.6 is 11.6 Å². The number of nitrogens with zero attached hydrogens (tertiary/aromatic N) is 2. The summed E-state index contributed by atoms with van der Waals surface area (Å²) in [6.45, 7) is 2.19. The summed E-state index contributed by atoms with van der Waals surface area (Å²) in [5.74, 6) is -0.949. The van der Waals surface area contributed by atoms with Crippen molar-refractivity contribution in [2.45, 2.75) is 31.8 Å². The molecule has 2 N–H and O–H groups in total. The molecule has 3 rings (SSSR count). The van der Waals surface area contributed by atoms with Crippen LogP contribution in [0.1, 0.15) is 31.4 Å². The lowest BCUT2D eigenvalue weighted by molar-refractivity contribution is -0.147. The van der Waals surface area contributed by atoms with Gasteiger partial charge in [0, 0.05) is 31.6 Å². The van der Waals surface area contributed by atoms with Crippen molar-refractivity contribution in [3.05, 3.63) is 34.9 Å². The van der Waals surface area contributed by atoms with Gasteiger partial charge in [-0.15, -0.1) is 0 Å². The molecule has 3 unspecified atom stereocenters. The summed E-state index contributed by atoms with van der Waals surface area (Å²) in [7, 11) is 1.71. The van der Waals surface area contributed by atoms with Gasteiger partial charge in [0.2, 0.25) is 5.91 Å². The second-order valence-corrected chi connectivity index (χ2v) is 7.73. The zero-order chi connectivity index (χ0) is 19.1. The van der Waals surface area contributed by atoms with Crippen LogP contribution in [0.4, 0.5) is 4.79 Å². The lowest BCUT2D eigenvalue weighted by Gasteiger charge is -2.28. The van der Waals surface area contributed by atoms with E-state index in [9.17, 15) is 19.5 Å². The molecular formula is C18H22ClN3O4. The van der Waals surface area contributed by atoms with Gasteiger partial charge < -0.3 is 20.2 Å². The molecular weight excluding hydrogens is 358 g/mol. The molecule has 1 aromatic rings. The van der Waals surface area contributed by atoms with Crippen molar-refractivity contribution < 1.29 is 19.5 Å². The van der Waals surface area contributed by atoms with E-state index in [1.807, 2.05) is 12.1 Å². The maximum absolute atomic E-state index is 12.6. The minimum absolute atomic E-state index is 0.0490. The Balaban J connectivity index is 1.73. The van der Waals surface area contributed by atoms with Gasteiger partial charge >= 0.3 is 12.0 Å². The van der Waals surface area contributed by atoms with E-state index in [-0.39, 0.29) is 37.0 Å². The predicted molar refractivity (Wildman–Crippen MR) is 95.8 cm³/mol. The number of hydrogen-bond donors (Lipinski definition) is 2. The first-order valence-electron chi connectivity index (χ1n) is 8.51. The quantitative estimate of drug-likeness (QED) is 0.841. The molecule has 2 heterocycles. The Morgan fingerprint density at radius 2 is 1.96 bits per heavy atom. The Bertz CT molecular complexity index is 738. The molecule has 0 bridgehead atoms. The fourth-order valence-corrected chi connectivity index (χ4v) is 3.80. The normalized spacial score (nSPS) is 28.5. The van der Waals surface area contributed by atoms with Crippen LogP contribution in [-0.4, -0.2) is 59.0 Å². The Hall–Kier alpha value is -2.28. The molecule has 2 fully saturated rings. The van der Waals surface area contributed by atoms with Crippen LogP contribution in [0.25, 0.3) is 0 Å². The van der Waals surface area contributed by atoms with Gasteiger partial charge in [0.1, 0.15) is 0 Å². The molecule has 2 saturated heterocycles. The third-order valence-electron chi connectivity index (χ3n) is 5.38. The second kappa shape index (κ2) is 6.79. The van der Waals surface area contributed by atoms with Crippen molar-refractivity contribution in [2.75, 3.05) is 20.1 Å². The number of aliphatic carboxylic acids is 1. The summed E-state index contributed by atoms with van der Waals surface area (Å²) in [4.78, 5) is 39.3. The summed E-state index contributed by atoms with van der Waals surface area (Å²) in [6.07, 6.45) is 0.624. The molecule has 0 aliphatic carbocycles. The smallest absolute Gasteiger partial charge is 0.317 e. The fourth-order valence-electron chi connectivity index (χ4n) is 3.67. The van der Waals surface area contributed by atoms with Gasteiger partial charge in [-0.3, -0.25) is 9.59 Å². The number of hydrogen-bond acceptors (Lipinski definition) is 3. The first kappa shape index (κ1) is 18.5.